The Morgan fingerprint density at radius 2 is 1.81 bits per heavy atom. The van der Waals surface area contributed by atoms with Crippen molar-refractivity contribution in [2.45, 2.75) is 24.7 Å². The summed E-state index contributed by atoms with van der Waals surface area (Å²) in [4.78, 5) is 0. The zero-order valence-corrected chi connectivity index (χ0v) is 10.3. The van der Waals surface area contributed by atoms with Crippen LogP contribution in [0.25, 0.3) is 0 Å². The molecule has 0 aromatic heterocycles. The first kappa shape index (κ1) is 11.5. The summed E-state index contributed by atoms with van der Waals surface area (Å²) >= 11 is 0. The van der Waals surface area contributed by atoms with Gasteiger partial charge in [0.2, 0.25) is 0 Å². The zero-order chi connectivity index (χ0) is 11.8. The minimum atomic E-state index is -2.93. The fourth-order valence-corrected chi connectivity index (χ4v) is 3.92. The summed E-state index contributed by atoms with van der Waals surface area (Å²) in [6.07, 6.45) is 4.35. The molecule has 1 saturated carbocycles. The van der Waals surface area contributed by atoms with E-state index in [4.69, 9.17) is 5.73 Å². The van der Waals surface area contributed by atoms with Crippen LogP contribution >= 0.6 is 0 Å². The Labute approximate surface area is 96.6 Å². The van der Waals surface area contributed by atoms with Gasteiger partial charge in [0.25, 0.3) is 0 Å². The van der Waals surface area contributed by atoms with Gasteiger partial charge in [0.1, 0.15) is 9.84 Å². The van der Waals surface area contributed by atoms with E-state index in [0.717, 1.165) is 30.5 Å². The van der Waals surface area contributed by atoms with Gasteiger partial charge in [-0.15, -0.1) is 0 Å². The fourth-order valence-electron chi connectivity index (χ4n) is 2.46. The summed E-state index contributed by atoms with van der Waals surface area (Å²) < 4.78 is 22.9. The van der Waals surface area contributed by atoms with Crippen molar-refractivity contribution in [1.29, 1.82) is 0 Å². The van der Waals surface area contributed by atoms with Gasteiger partial charge in [-0.05, 0) is 30.5 Å². The van der Waals surface area contributed by atoms with E-state index >= 15 is 0 Å². The lowest BCUT2D eigenvalue weighted by Crippen LogP contribution is -2.40. The van der Waals surface area contributed by atoms with Gasteiger partial charge < -0.3 is 5.73 Å². The number of sulfone groups is 1. The third kappa shape index (κ3) is 2.21. The maximum atomic E-state index is 11.5. The Kier molecular flexibility index (Phi) is 2.70. The molecule has 0 spiro atoms. The highest BCUT2D eigenvalue weighted by atomic mass is 32.2. The topological polar surface area (TPSA) is 60.2 Å². The second-order valence-electron chi connectivity index (χ2n) is 4.83. The standard InChI is InChI=1S/C12H17NO2S/c1-16(14,15)9-12(7-2-8-12)10-3-5-11(13)6-4-10/h3-6H,2,7-9,13H2,1H3. The van der Waals surface area contributed by atoms with Crippen LogP contribution in [0, 0.1) is 0 Å². The van der Waals surface area contributed by atoms with Crippen molar-refractivity contribution >= 4 is 15.5 Å². The molecule has 1 aliphatic carbocycles. The van der Waals surface area contributed by atoms with Crippen molar-refractivity contribution in [3.63, 3.8) is 0 Å². The van der Waals surface area contributed by atoms with Gasteiger partial charge in [0.05, 0.1) is 5.75 Å². The van der Waals surface area contributed by atoms with Gasteiger partial charge in [-0.1, -0.05) is 18.6 Å². The zero-order valence-electron chi connectivity index (χ0n) is 9.44. The van der Waals surface area contributed by atoms with Crippen LogP contribution in [0.15, 0.2) is 24.3 Å². The Bertz CT molecular complexity index is 472. The minimum Gasteiger partial charge on any atom is -0.399 e. The van der Waals surface area contributed by atoms with Crippen molar-refractivity contribution < 1.29 is 8.42 Å². The molecule has 2 rings (SSSR count). The molecule has 0 bridgehead atoms. The van der Waals surface area contributed by atoms with Gasteiger partial charge in [-0.2, -0.15) is 0 Å². The highest BCUT2D eigenvalue weighted by Crippen LogP contribution is 2.44. The van der Waals surface area contributed by atoms with Crippen LogP contribution in [0.2, 0.25) is 0 Å². The van der Waals surface area contributed by atoms with Gasteiger partial charge in [0, 0.05) is 17.4 Å². The third-order valence-electron chi connectivity index (χ3n) is 3.37. The molecule has 2 N–H and O–H groups in total. The molecule has 0 atom stereocenters. The lowest BCUT2D eigenvalue weighted by molar-refractivity contribution is 0.275. The van der Waals surface area contributed by atoms with E-state index in [2.05, 4.69) is 0 Å². The summed E-state index contributed by atoms with van der Waals surface area (Å²) in [7, 11) is -2.93. The lowest BCUT2D eigenvalue weighted by Gasteiger charge is -2.42. The predicted octanol–water partition coefficient (Wildman–Crippen LogP) is 1.74. The van der Waals surface area contributed by atoms with Crippen molar-refractivity contribution in [3.05, 3.63) is 29.8 Å². The van der Waals surface area contributed by atoms with E-state index in [1.54, 1.807) is 0 Å². The second-order valence-corrected chi connectivity index (χ2v) is 6.97. The Morgan fingerprint density at radius 1 is 1.25 bits per heavy atom. The molecule has 0 heterocycles. The van der Waals surface area contributed by atoms with Crippen LogP contribution in [-0.2, 0) is 15.3 Å². The quantitative estimate of drug-likeness (QED) is 0.817. The van der Waals surface area contributed by atoms with Gasteiger partial charge in [-0.25, -0.2) is 8.42 Å². The van der Waals surface area contributed by atoms with Gasteiger partial charge >= 0.3 is 0 Å². The molecule has 1 aromatic carbocycles. The molecule has 0 amide bonds. The fraction of sp³-hybridized carbons (Fsp3) is 0.500. The highest BCUT2D eigenvalue weighted by Gasteiger charge is 2.41. The van der Waals surface area contributed by atoms with Crippen molar-refractivity contribution in [1.82, 2.24) is 0 Å². The Hall–Kier alpha value is -1.03. The highest BCUT2D eigenvalue weighted by molar-refractivity contribution is 7.90. The first-order valence-corrected chi connectivity index (χ1v) is 7.51. The van der Waals surface area contributed by atoms with Crippen LogP contribution < -0.4 is 5.73 Å². The van der Waals surface area contributed by atoms with Crippen LogP contribution in [-0.4, -0.2) is 20.4 Å². The number of hydrogen-bond acceptors (Lipinski definition) is 3. The molecule has 4 heteroatoms. The van der Waals surface area contributed by atoms with Crippen molar-refractivity contribution in [3.8, 4) is 0 Å². The number of hydrogen-bond donors (Lipinski definition) is 1. The van der Waals surface area contributed by atoms with E-state index in [-0.39, 0.29) is 11.2 Å². The lowest BCUT2D eigenvalue weighted by atomic mass is 9.66. The molecule has 0 saturated heterocycles. The van der Waals surface area contributed by atoms with Crippen LogP contribution in [0.1, 0.15) is 24.8 Å². The maximum Gasteiger partial charge on any atom is 0.148 e. The van der Waals surface area contributed by atoms with E-state index in [0.29, 0.717) is 0 Å². The minimum absolute atomic E-state index is 0.152. The number of rotatable bonds is 3. The summed E-state index contributed by atoms with van der Waals surface area (Å²) in [6.45, 7) is 0. The molecular weight excluding hydrogens is 222 g/mol. The van der Waals surface area contributed by atoms with Crippen LogP contribution in [0.5, 0.6) is 0 Å². The van der Waals surface area contributed by atoms with Gasteiger partial charge in [-0.3, -0.25) is 0 Å². The number of nitrogens with two attached hydrogens (primary N) is 1. The Balaban J connectivity index is 2.31. The summed E-state index contributed by atoms with van der Waals surface area (Å²) in [5.74, 6) is 0.254. The Morgan fingerprint density at radius 3 is 2.19 bits per heavy atom. The first-order chi connectivity index (χ1) is 7.41. The molecule has 1 aromatic rings. The number of benzene rings is 1. The van der Waals surface area contributed by atoms with E-state index < -0.39 is 9.84 Å². The first-order valence-electron chi connectivity index (χ1n) is 5.45. The monoisotopic (exact) mass is 239 g/mol. The largest absolute Gasteiger partial charge is 0.399 e. The van der Waals surface area contributed by atoms with E-state index in [9.17, 15) is 8.42 Å². The SMILES string of the molecule is CS(=O)(=O)CC1(c2ccc(N)cc2)CCC1. The average Bonchev–Trinajstić information content (AvgIpc) is 2.11. The molecule has 0 unspecified atom stereocenters. The van der Waals surface area contributed by atoms with Crippen molar-refractivity contribution in [2.75, 3.05) is 17.7 Å². The van der Waals surface area contributed by atoms with E-state index in [1.807, 2.05) is 24.3 Å². The van der Waals surface area contributed by atoms with E-state index in [1.165, 1.54) is 6.26 Å². The predicted molar refractivity (Wildman–Crippen MR) is 66.1 cm³/mol. The summed E-state index contributed by atoms with van der Waals surface area (Å²) in [6, 6.07) is 7.61. The smallest absolute Gasteiger partial charge is 0.148 e. The van der Waals surface area contributed by atoms with Gasteiger partial charge in [0.15, 0.2) is 0 Å². The summed E-state index contributed by atoms with van der Waals surface area (Å²) in [5, 5.41) is 0. The molecule has 0 radical (unpaired) electrons. The molecule has 1 fully saturated rings. The van der Waals surface area contributed by atoms with Crippen LogP contribution in [0.4, 0.5) is 5.69 Å². The second kappa shape index (κ2) is 3.77. The molecular formula is C12H17NO2S. The molecule has 88 valence electrons. The maximum absolute atomic E-state index is 11.5. The molecule has 16 heavy (non-hydrogen) atoms. The molecule has 3 nitrogen and oxygen atoms in total. The average molecular weight is 239 g/mol. The summed E-state index contributed by atoms with van der Waals surface area (Å²) in [5.41, 5.74) is 7.32. The number of nitrogen functional groups attached to an aromatic ring is 1. The normalized spacial score (nSPS) is 19.1. The molecule has 0 aliphatic heterocycles. The van der Waals surface area contributed by atoms with Crippen molar-refractivity contribution in [2.24, 2.45) is 0 Å². The van der Waals surface area contributed by atoms with Crippen LogP contribution in [0.3, 0.4) is 0 Å². The number of anilines is 1. The third-order valence-corrected chi connectivity index (χ3v) is 4.45. The molecule has 1 aliphatic rings.